The van der Waals surface area contributed by atoms with Gasteiger partial charge in [-0.2, -0.15) is 0 Å². The van der Waals surface area contributed by atoms with Gasteiger partial charge in [0.25, 0.3) is 0 Å². The first-order chi connectivity index (χ1) is 10.8. The third-order valence-corrected chi connectivity index (χ3v) is 5.70. The number of carbonyl (C=O) groups is 1. The van der Waals surface area contributed by atoms with Crippen molar-refractivity contribution in [2.24, 2.45) is 0 Å². The maximum absolute atomic E-state index is 12.0. The zero-order valence-electron chi connectivity index (χ0n) is 13.2. The summed E-state index contributed by atoms with van der Waals surface area (Å²) in [6.45, 7) is 0.673. The number of hydrogen-bond acceptors (Lipinski definition) is 5. The van der Waals surface area contributed by atoms with Crippen LogP contribution >= 0.6 is 11.6 Å². The number of methoxy groups -OCH3 is 1. The Bertz CT molecular complexity index is 678. The quantitative estimate of drug-likeness (QED) is 0.821. The molecule has 1 aromatic rings. The van der Waals surface area contributed by atoms with E-state index in [0.717, 1.165) is 5.56 Å². The molecule has 1 aliphatic heterocycles. The molecule has 1 aromatic carbocycles. The molecule has 1 N–H and O–H groups in total. The summed E-state index contributed by atoms with van der Waals surface area (Å²) in [5, 5.41) is 3.38. The van der Waals surface area contributed by atoms with Crippen molar-refractivity contribution < 1.29 is 17.9 Å². The summed E-state index contributed by atoms with van der Waals surface area (Å²) >= 11 is 5.99. The minimum absolute atomic E-state index is 0.0323. The van der Waals surface area contributed by atoms with Crippen LogP contribution in [0.5, 0.6) is 5.75 Å². The van der Waals surface area contributed by atoms with Crippen LogP contribution in [0.1, 0.15) is 12.0 Å². The monoisotopic (exact) mass is 360 g/mol. The van der Waals surface area contributed by atoms with Crippen LogP contribution in [0.2, 0.25) is 5.02 Å². The average Bonchev–Trinajstić information content (AvgIpc) is 2.77. The number of amides is 1. The van der Waals surface area contributed by atoms with Gasteiger partial charge in [0.2, 0.25) is 5.91 Å². The van der Waals surface area contributed by atoms with Crippen LogP contribution < -0.4 is 10.1 Å². The lowest BCUT2D eigenvalue weighted by atomic mass is 10.2. The Morgan fingerprint density at radius 3 is 2.83 bits per heavy atom. The van der Waals surface area contributed by atoms with Crippen LogP contribution in [0.3, 0.4) is 0 Å². The molecule has 8 heteroatoms. The highest BCUT2D eigenvalue weighted by atomic mass is 35.5. The Hall–Kier alpha value is -1.31. The maximum Gasteiger partial charge on any atom is 0.234 e. The molecule has 1 fully saturated rings. The number of nitrogens with zero attached hydrogens (tertiary/aromatic N) is 1. The van der Waals surface area contributed by atoms with E-state index in [-0.39, 0.29) is 30.0 Å². The predicted octanol–water partition coefficient (Wildman–Crippen LogP) is 1.08. The van der Waals surface area contributed by atoms with Crippen LogP contribution in [-0.4, -0.2) is 57.5 Å². The maximum atomic E-state index is 12.0. The minimum atomic E-state index is -2.99. The van der Waals surface area contributed by atoms with E-state index in [4.69, 9.17) is 16.3 Å². The Labute approximate surface area is 141 Å². The van der Waals surface area contributed by atoms with Gasteiger partial charge in [-0.1, -0.05) is 11.6 Å². The molecule has 0 unspecified atom stereocenters. The Morgan fingerprint density at radius 1 is 1.48 bits per heavy atom. The second-order valence-electron chi connectivity index (χ2n) is 5.80. The van der Waals surface area contributed by atoms with Crippen molar-refractivity contribution in [1.82, 2.24) is 10.2 Å². The van der Waals surface area contributed by atoms with E-state index in [9.17, 15) is 13.2 Å². The van der Waals surface area contributed by atoms with Crippen molar-refractivity contribution in [3.63, 3.8) is 0 Å². The summed E-state index contributed by atoms with van der Waals surface area (Å²) in [5.41, 5.74) is 0.888. The Balaban J connectivity index is 1.88. The molecule has 6 nitrogen and oxygen atoms in total. The summed E-state index contributed by atoms with van der Waals surface area (Å²) in [6.07, 6.45) is 0.486. The molecule has 23 heavy (non-hydrogen) atoms. The number of nitrogens with one attached hydrogen (secondary N) is 1. The van der Waals surface area contributed by atoms with Crippen molar-refractivity contribution in [2.45, 2.75) is 19.0 Å². The molecule has 0 saturated carbocycles. The number of sulfone groups is 1. The highest BCUT2D eigenvalue weighted by Gasteiger charge is 2.29. The third-order valence-electron chi connectivity index (χ3n) is 3.69. The highest BCUT2D eigenvalue weighted by molar-refractivity contribution is 7.91. The van der Waals surface area contributed by atoms with Gasteiger partial charge in [-0.3, -0.25) is 9.69 Å². The van der Waals surface area contributed by atoms with Gasteiger partial charge in [-0.15, -0.1) is 0 Å². The molecule has 1 heterocycles. The van der Waals surface area contributed by atoms with E-state index in [2.05, 4.69) is 5.32 Å². The average molecular weight is 361 g/mol. The zero-order valence-corrected chi connectivity index (χ0v) is 14.8. The standard InChI is InChI=1S/C15H21ClN2O4S/c1-18(8-11-7-12(16)3-4-14(11)22-2)9-15(19)17-13-5-6-23(20,21)10-13/h3-4,7,13H,5-6,8-10H2,1-2H3,(H,17,19)/t13-/m1/s1. The van der Waals surface area contributed by atoms with Crippen molar-refractivity contribution in [3.05, 3.63) is 28.8 Å². The number of likely N-dealkylation sites (N-methyl/N-ethyl adjacent to an activating group) is 1. The van der Waals surface area contributed by atoms with Gasteiger partial charge in [0.1, 0.15) is 5.75 Å². The number of hydrogen-bond donors (Lipinski definition) is 1. The van der Waals surface area contributed by atoms with Crippen molar-refractivity contribution in [1.29, 1.82) is 0 Å². The Morgan fingerprint density at radius 2 is 2.22 bits per heavy atom. The van der Waals surface area contributed by atoms with Crippen molar-refractivity contribution in [3.8, 4) is 5.75 Å². The van der Waals surface area contributed by atoms with E-state index in [0.29, 0.717) is 23.7 Å². The van der Waals surface area contributed by atoms with E-state index in [1.807, 2.05) is 11.9 Å². The van der Waals surface area contributed by atoms with Crippen LogP contribution in [0.15, 0.2) is 18.2 Å². The lowest BCUT2D eigenvalue weighted by Crippen LogP contribution is -2.41. The number of benzene rings is 1. The molecule has 0 aliphatic carbocycles. The van der Waals surface area contributed by atoms with Crippen molar-refractivity contribution in [2.75, 3.05) is 32.2 Å². The largest absolute Gasteiger partial charge is 0.496 e. The van der Waals surface area contributed by atoms with E-state index < -0.39 is 9.84 Å². The molecule has 0 spiro atoms. The first kappa shape index (κ1) is 18.0. The molecular weight excluding hydrogens is 340 g/mol. The lowest BCUT2D eigenvalue weighted by molar-refractivity contribution is -0.122. The SMILES string of the molecule is COc1ccc(Cl)cc1CN(C)CC(=O)N[C@@H]1CCS(=O)(=O)C1. The van der Waals surface area contributed by atoms with E-state index in [1.165, 1.54) is 0 Å². The Kier molecular flexibility index (Phi) is 5.89. The van der Waals surface area contributed by atoms with Crippen LogP contribution in [0, 0.1) is 0 Å². The second kappa shape index (κ2) is 7.51. The fraction of sp³-hybridized carbons (Fsp3) is 0.533. The zero-order chi connectivity index (χ0) is 17.0. The number of ether oxygens (including phenoxy) is 1. The van der Waals surface area contributed by atoms with Crippen LogP contribution in [0.25, 0.3) is 0 Å². The van der Waals surface area contributed by atoms with Gasteiger partial charge in [-0.25, -0.2) is 8.42 Å². The van der Waals surface area contributed by atoms with Gasteiger partial charge < -0.3 is 10.1 Å². The van der Waals surface area contributed by atoms with E-state index in [1.54, 1.807) is 25.3 Å². The lowest BCUT2D eigenvalue weighted by Gasteiger charge is -2.19. The van der Waals surface area contributed by atoms with Gasteiger partial charge in [0, 0.05) is 23.2 Å². The molecule has 1 aliphatic rings. The number of carbonyl (C=O) groups excluding carboxylic acids is 1. The first-order valence-electron chi connectivity index (χ1n) is 7.30. The molecular formula is C15H21ClN2O4S. The fourth-order valence-electron chi connectivity index (χ4n) is 2.64. The van der Waals surface area contributed by atoms with Crippen molar-refractivity contribution >= 4 is 27.3 Å². The molecule has 0 aromatic heterocycles. The third kappa shape index (κ3) is 5.37. The van der Waals surface area contributed by atoms with Gasteiger partial charge in [-0.05, 0) is 31.7 Å². The molecule has 2 rings (SSSR count). The summed E-state index contributed by atoms with van der Waals surface area (Å²) < 4.78 is 28.1. The smallest absolute Gasteiger partial charge is 0.234 e. The second-order valence-corrected chi connectivity index (χ2v) is 8.46. The predicted molar refractivity (Wildman–Crippen MR) is 89.5 cm³/mol. The highest BCUT2D eigenvalue weighted by Crippen LogP contribution is 2.23. The topological polar surface area (TPSA) is 75.7 Å². The molecule has 1 amide bonds. The summed E-state index contributed by atoms with van der Waals surface area (Å²) in [4.78, 5) is 13.9. The van der Waals surface area contributed by atoms with Crippen LogP contribution in [0.4, 0.5) is 0 Å². The van der Waals surface area contributed by atoms with E-state index >= 15 is 0 Å². The number of rotatable bonds is 6. The molecule has 0 bridgehead atoms. The summed E-state index contributed by atoms with van der Waals surface area (Å²) in [5.74, 6) is 0.706. The van der Waals surface area contributed by atoms with Crippen LogP contribution in [-0.2, 0) is 21.2 Å². The minimum Gasteiger partial charge on any atom is -0.496 e. The summed E-state index contributed by atoms with van der Waals surface area (Å²) in [6, 6.07) is 5.06. The number of halogens is 1. The first-order valence-corrected chi connectivity index (χ1v) is 9.50. The van der Waals surface area contributed by atoms with Gasteiger partial charge in [0.05, 0.1) is 25.2 Å². The normalized spacial score (nSPS) is 19.7. The van der Waals surface area contributed by atoms with Gasteiger partial charge >= 0.3 is 0 Å². The summed E-state index contributed by atoms with van der Waals surface area (Å²) in [7, 11) is 0.403. The molecule has 128 valence electrons. The molecule has 1 saturated heterocycles. The molecule has 0 radical (unpaired) electrons. The van der Waals surface area contributed by atoms with Gasteiger partial charge in [0.15, 0.2) is 9.84 Å². The molecule has 1 atom stereocenters. The fourth-order valence-corrected chi connectivity index (χ4v) is 4.51.